The van der Waals surface area contributed by atoms with Crippen molar-refractivity contribution < 1.29 is 9.90 Å². The lowest BCUT2D eigenvalue weighted by molar-refractivity contribution is 0.0683. The van der Waals surface area contributed by atoms with Crippen LogP contribution < -0.4 is 0 Å². The van der Waals surface area contributed by atoms with Crippen molar-refractivity contribution in [3.8, 4) is 0 Å². The molecular formula is C13H15N3O2. The average molecular weight is 245 g/mol. The van der Waals surface area contributed by atoms with Crippen LogP contribution in [-0.2, 0) is 6.54 Å². The second-order valence-electron chi connectivity index (χ2n) is 4.42. The molecule has 1 aromatic heterocycles. The number of aryl methyl sites for hydroxylation is 3. The van der Waals surface area contributed by atoms with Gasteiger partial charge in [-0.1, -0.05) is 29.0 Å². The van der Waals surface area contributed by atoms with Gasteiger partial charge in [-0.2, -0.15) is 0 Å². The lowest BCUT2D eigenvalue weighted by Crippen LogP contribution is -2.12. The maximum Gasteiger partial charge on any atom is 0.356 e. The first-order valence-electron chi connectivity index (χ1n) is 5.68. The molecule has 0 radical (unpaired) electrons. The van der Waals surface area contributed by atoms with E-state index in [9.17, 15) is 4.79 Å². The van der Waals surface area contributed by atoms with Crippen LogP contribution in [0.4, 0.5) is 0 Å². The number of benzene rings is 1. The average Bonchev–Trinajstić information content (AvgIpc) is 2.65. The van der Waals surface area contributed by atoms with Crippen molar-refractivity contribution in [3.05, 3.63) is 46.3 Å². The van der Waals surface area contributed by atoms with E-state index in [1.807, 2.05) is 32.0 Å². The van der Waals surface area contributed by atoms with Gasteiger partial charge in [0, 0.05) is 0 Å². The van der Waals surface area contributed by atoms with Gasteiger partial charge in [-0.3, -0.25) is 0 Å². The highest BCUT2D eigenvalue weighted by molar-refractivity contribution is 5.86. The summed E-state index contributed by atoms with van der Waals surface area (Å²) in [6.07, 6.45) is 0. The van der Waals surface area contributed by atoms with E-state index >= 15 is 0 Å². The molecule has 5 heteroatoms. The van der Waals surface area contributed by atoms with E-state index in [1.165, 1.54) is 4.68 Å². The Balaban J connectivity index is 2.40. The Morgan fingerprint density at radius 3 is 2.72 bits per heavy atom. The van der Waals surface area contributed by atoms with Gasteiger partial charge < -0.3 is 5.11 Å². The SMILES string of the molecule is Cc1ccc(C)c(Cn2nnc(C)c2C(=O)O)c1. The van der Waals surface area contributed by atoms with Crippen molar-refractivity contribution in [3.63, 3.8) is 0 Å². The number of carbonyl (C=O) groups is 1. The van der Waals surface area contributed by atoms with Crippen molar-refractivity contribution >= 4 is 5.97 Å². The van der Waals surface area contributed by atoms with E-state index in [2.05, 4.69) is 10.3 Å². The minimum atomic E-state index is -0.997. The Bertz CT molecular complexity index is 602. The molecule has 0 aliphatic heterocycles. The molecule has 2 rings (SSSR count). The molecule has 1 aromatic carbocycles. The Kier molecular flexibility index (Phi) is 3.14. The highest BCUT2D eigenvalue weighted by Crippen LogP contribution is 2.14. The van der Waals surface area contributed by atoms with E-state index in [4.69, 9.17) is 5.11 Å². The predicted molar refractivity (Wildman–Crippen MR) is 66.7 cm³/mol. The zero-order valence-corrected chi connectivity index (χ0v) is 10.6. The molecule has 2 aromatic rings. The second-order valence-corrected chi connectivity index (χ2v) is 4.42. The van der Waals surface area contributed by atoms with Crippen LogP contribution >= 0.6 is 0 Å². The van der Waals surface area contributed by atoms with Crippen molar-refractivity contribution in [2.24, 2.45) is 0 Å². The fourth-order valence-corrected chi connectivity index (χ4v) is 1.91. The number of carboxylic acid groups (broad SMARTS) is 1. The highest BCUT2D eigenvalue weighted by atomic mass is 16.4. The topological polar surface area (TPSA) is 68.0 Å². The third-order valence-electron chi connectivity index (χ3n) is 2.93. The molecule has 0 unspecified atom stereocenters. The number of carboxylic acids is 1. The van der Waals surface area contributed by atoms with Gasteiger partial charge in [0.2, 0.25) is 0 Å². The zero-order chi connectivity index (χ0) is 13.3. The summed E-state index contributed by atoms with van der Waals surface area (Å²) in [5, 5.41) is 16.8. The van der Waals surface area contributed by atoms with E-state index in [0.29, 0.717) is 12.2 Å². The van der Waals surface area contributed by atoms with E-state index < -0.39 is 5.97 Å². The summed E-state index contributed by atoms with van der Waals surface area (Å²) >= 11 is 0. The molecule has 1 heterocycles. The minimum absolute atomic E-state index is 0.149. The second kappa shape index (κ2) is 4.60. The molecule has 0 aliphatic carbocycles. The molecule has 0 saturated carbocycles. The molecule has 94 valence electrons. The van der Waals surface area contributed by atoms with Gasteiger partial charge in [0.1, 0.15) is 0 Å². The Morgan fingerprint density at radius 1 is 1.33 bits per heavy atom. The van der Waals surface area contributed by atoms with E-state index in [-0.39, 0.29) is 5.69 Å². The Labute approximate surface area is 105 Å². The summed E-state index contributed by atoms with van der Waals surface area (Å²) in [5.41, 5.74) is 3.90. The van der Waals surface area contributed by atoms with Gasteiger partial charge >= 0.3 is 5.97 Å². The van der Waals surface area contributed by atoms with Gasteiger partial charge in [0.25, 0.3) is 0 Å². The molecule has 0 atom stereocenters. The molecule has 0 bridgehead atoms. The van der Waals surface area contributed by atoms with Crippen LogP contribution in [0.2, 0.25) is 0 Å². The van der Waals surface area contributed by atoms with E-state index in [1.54, 1.807) is 6.92 Å². The number of rotatable bonds is 3. The lowest BCUT2D eigenvalue weighted by Gasteiger charge is -2.08. The van der Waals surface area contributed by atoms with E-state index in [0.717, 1.165) is 16.7 Å². The molecule has 0 amide bonds. The Hall–Kier alpha value is -2.17. The quantitative estimate of drug-likeness (QED) is 0.897. The van der Waals surface area contributed by atoms with Crippen molar-refractivity contribution in [1.82, 2.24) is 15.0 Å². The summed E-state index contributed by atoms with van der Waals surface area (Å²) in [5.74, 6) is -0.997. The summed E-state index contributed by atoms with van der Waals surface area (Å²) < 4.78 is 1.43. The highest BCUT2D eigenvalue weighted by Gasteiger charge is 2.17. The molecule has 5 nitrogen and oxygen atoms in total. The first-order chi connectivity index (χ1) is 8.49. The van der Waals surface area contributed by atoms with Gasteiger partial charge in [0.05, 0.1) is 12.2 Å². The first kappa shape index (κ1) is 12.3. The summed E-state index contributed by atoms with van der Waals surface area (Å²) in [7, 11) is 0. The number of aromatic nitrogens is 3. The van der Waals surface area contributed by atoms with Crippen LogP contribution in [0.5, 0.6) is 0 Å². The van der Waals surface area contributed by atoms with Crippen molar-refractivity contribution in [1.29, 1.82) is 0 Å². The van der Waals surface area contributed by atoms with Crippen LogP contribution in [-0.4, -0.2) is 26.1 Å². The van der Waals surface area contributed by atoms with Crippen LogP contribution in [0.15, 0.2) is 18.2 Å². The number of hydrogen-bond donors (Lipinski definition) is 1. The smallest absolute Gasteiger partial charge is 0.356 e. The maximum atomic E-state index is 11.1. The Morgan fingerprint density at radius 2 is 2.06 bits per heavy atom. The molecular weight excluding hydrogens is 230 g/mol. The van der Waals surface area contributed by atoms with Crippen molar-refractivity contribution in [2.75, 3.05) is 0 Å². The van der Waals surface area contributed by atoms with Crippen LogP contribution in [0.1, 0.15) is 32.9 Å². The van der Waals surface area contributed by atoms with Gasteiger partial charge in [-0.25, -0.2) is 9.48 Å². The number of hydrogen-bond acceptors (Lipinski definition) is 3. The summed E-state index contributed by atoms with van der Waals surface area (Å²) in [6, 6.07) is 6.09. The predicted octanol–water partition coefficient (Wildman–Crippen LogP) is 1.95. The van der Waals surface area contributed by atoms with Crippen LogP contribution in [0, 0.1) is 20.8 Å². The fraction of sp³-hybridized carbons (Fsp3) is 0.308. The molecule has 1 N–H and O–H groups in total. The van der Waals surface area contributed by atoms with Crippen molar-refractivity contribution in [2.45, 2.75) is 27.3 Å². The summed E-state index contributed by atoms with van der Waals surface area (Å²) in [6.45, 7) is 6.08. The third kappa shape index (κ3) is 2.25. The number of nitrogens with zero attached hydrogens (tertiary/aromatic N) is 3. The molecule has 0 spiro atoms. The van der Waals surface area contributed by atoms with Gasteiger partial charge in [-0.15, -0.1) is 5.10 Å². The summed E-state index contributed by atoms with van der Waals surface area (Å²) in [4.78, 5) is 11.1. The maximum absolute atomic E-state index is 11.1. The molecule has 18 heavy (non-hydrogen) atoms. The first-order valence-corrected chi connectivity index (χ1v) is 5.68. The number of aromatic carboxylic acids is 1. The van der Waals surface area contributed by atoms with Gasteiger partial charge in [-0.05, 0) is 31.9 Å². The van der Waals surface area contributed by atoms with Gasteiger partial charge in [0.15, 0.2) is 5.69 Å². The largest absolute Gasteiger partial charge is 0.476 e. The molecule has 0 fully saturated rings. The fourth-order valence-electron chi connectivity index (χ4n) is 1.91. The standard InChI is InChI=1S/C13H15N3O2/c1-8-4-5-9(2)11(6-8)7-16-12(13(17)18)10(3)14-15-16/h4-6H,7H2,1-3H3,(H,17,18). The van der Waals surface area contributed by atoms with Crippen LogP contribution in [0.3, 0.4) is 0 Å². The minimum Gasteiger partial charge on any atom is -0.476 e. The third-order valence-corrected chi connectivity index (χ3v) is 2.93. The monoisotopic (exact) mass is 245 g/mol. The molecule has 0 saturated heterocycles. The van der Waals surface area contributed by atoms with Crippen LogP contribution in [0.25, 0.3) is 0 Å². The molecule has 0 aliphatic rings. The lowest BCUT2D eigenvalue weighted by atomic mass is 10.1. The zero-order valence-electron chi connectivity index (χ0n) is 10.6. The normalized spacial score (nSPS) is 10.6.